The van der Waals surface area contributed by atoms with Crippen molar-refractivity contribution in [2.24, 2.45) is 5.41 Å². The highest BCUT2D eigenvalue weighted by Gasteiger charge is 2.53. The van der Waals surface area contributed by atoms with E-state index < -0.39 is 0 Å². The number of methoxy groups -OCH3 is 1. The van der Waals surface area contributed by atoms with Gasteiger partial charge in [0.05, 0.1) is 18.7 Å². The summed E-state index contributed by atoms with van der Waals surface area (Å²) in [4.78, 5) is 16.7. The number of aromatic amines is 1. The smallest absolute Gasteiger partial charge is 0.311 e. The average Bonchev–Trinajstić information content (AvgIpc) is 3.40. The van der Waals surface area contributed by atoms with Crippen molar-refractivity contribution >= 4 is 17.4 Å². The monoisotopic (exact) mass is 394 g/mol. The highest BCUT2D eigenvalue weighted by atomic mass is 16.5. The molecule has 0 radical (unpaired) electrons. The third-order valence-corrected chi connectivity index (χ3v) is 6.89. The van der Waals surface area contributed by atoms with E-state index in [0.717, 1.165) is 73.5 Å². The van der Waals surface area contributed by atoms with Crippen LogP contribution in [0.3, 0.4) is 0 Å². The molecule has 152 valence electrons. The molecule has 3 aromatic heterocycles. The summed E-state index contributed by atoms with van der Waals surface area (Å²) in [7, 11) is 1.50. The second-order valence-corrected chi connectivity index (χ2v) is 8.44. The maximum absolute atomic E-state index is 12.2. The lowest BCUT2D eigenvalue weighted by Gasteiger charge is -2.52. The van der Waals surface area contributed by atoms with Crippen LogP contribution in [0.5, 0.6) is 0 Å². The summed E-state index contributed by atoms with van der Waals surface area (Å²) in [5.41, 5.74) is 3.32. The van der Waals surface area contributed by atoms with Crippen LogP contribution in [-0.2, 0) is 16.0 Å². The standard InChI is InChI=1S/C21H26N6O2/c1-3-14-12-15(25-24-14)16-13-22-18-5-4-17(26-27(16)18)23-21-9-6-20(7-10-21,8-11-21)19(28)29-2/h4-5,12-13H,3,6-11H2,1-2H3,(H,23,26)(H,24,25). The lowest BCUT2D eigenvalue weighted by molar-refractivity contribution is -0.159. The number of nitrogens with zero attached hydrogens (tertiary/aromatic N) is 4. The molecule has 3 aliphatic carbocycles. The highest BCUT2D eigenvalue weighted by Crippen LogP contribution is 2.53. The van der Waals surface area contributed by atoms with Crippen LogP contribution in [0.1, 0.15) is 51.1 Å². The molecule has 3 saturated carbocycles. The number of imidazole rings is 1. The summed E-state index contributed by atoms with van der Waals surface area (Å²) in [6.07, 6.45) is 8.20. The Morgan fingerprint density at radius 3 is 2.66 bits per heavy atom. The topological polar surface area (TPSA) is 97.2 Å². The Hall–Kier alpha value is -2.90. The molecule has 6 rings (SSSR count). The van der Waals surface area contributed by atoms with Gasteiger partial charge < -0.3 is 10.1 Å². The molecule has 29 heavy (non-hydrogen) atoms. The van der Waals surface area contributed by atoms with Crippen molar-refractivity contribution in [1.82, 2.24) is 24.8 Å². The van der Waals surface area contributed by atoms with Gasteiger partial charge in [-0.2, -0.15) is 5.10 Å². The molecule has 3 aliphatic rings. The number of hydrogen-bond acceptors (Lipinski definition) is 6. The van der Waals surface area contributed by atoms with Crippen LogP contribution in [0.2, 0.25) is 0 Å². The maximum Gasteiger partial charge on any atom is 0.311 e. The Morgan fingerprint density at radius 1 is 1.24 bits per heavy atom. The van der Waals surface area contributed by atoms with E-state index in [4.69, 9.17) is 9.84 Å². The Morgan fingerprint density at radius 2 is 2.00 bits per heavy atom. The lowest BCUT2D eigenvalue weighted by Crippen LogP contribution is -2.53. The van der Waals surface area contributed by atoms with E-state index in [1.54, 1.807) is 0 Å². The number of rotatable bonds is 5. The molecular weight excluding hydrogens is 368 g/mol. The zero-order valence-corrected chi connectivity index (χ0v) is 16.9. The van der Waals surface area contributed by atoms with Crippen molar-refractivity contribution in [2.45, 2.75) is 57.4 Å². The molecule has 8 nitrogen and oxygen atoms in total. The summed E-state index contributed by atoms with van der Waals surface area (Å²) in [5.74, 6) is 0.786. The van der Waals surface area contributed by atoms with Crippen molar-refractivity contribution in [3.8, 4) is 11.4 Å². The first-order valence-electron chi connectivity index (χ1n) is 10.3. The normalized spacial score (nSPS) is 26.0. The Kier molecular flexibility index (Phi) is 4.11. The van der Waals surface area contributed by atoms with E-state index in [0.29, 0.717) is 0 Å². The van der Waals surface area contributed by atoms with Crippen LogP contribution in [-0.4, -0.2) is 43.4 Å². The summed E-state index contributed by atoms with van der Waals surface area (Å²) < 4.78 is 6.92. The van der Waals surface area contributed by atoms with Crippen LogP contribution >= 0.6 is 0 Å². The van der Waals surface area contributed by atoms with E-state index in [2.05, 4.69) is 27.4 Å². The van der Waals surface area contributed by atoms with Crippen LogP contribution in [0, 0.1) is 5.41 Å². The van der Waals surface area contributed by atoms with E-state index in [-0.39, 0.29) is 16.9 Å². The zero-order valence-electron chi connectivity index (χ0n) is 16.9. The fourth-order valence-electron chi connectivity index (χ4n) is 4.96. The van der Waals surface area contributed by atoms with Crippen LogP contribution in [0.25, 0.3) is 17.0 Å². The summed E-state index contributed by atoms with van der Waals surface area (Å²) in [5, 5.41) is 16.0. The van der Waals surface area contributed by atoms with E-state index in [9.17, 15) is 4.79 Å². The van der Waals surface area contributed by atoms with E-state index in [1.807, 2.05) is 28.9 Å². The molecule has 8 heteroatoms. The van der Waals surface area contributed by atoms with Gasteiger partial charge >= 0.3 is 5.97 Å². The highest BCUT2D eigenvalue weighted by molar-refractivity contribution is 5.77. The first-order valence-corrected chi connectivity index (χ1v) is 10.3. The van der Waals surface area contributed by atoms with Gasteiger partial charge in [-0.05, 0) is 63.1 Å². The molecule has 2 N–H and O–H groups in total. The fraction of sp³-hybridized carbons (Fsp3) is 0.524. The molecule has 0 aliphatic heterocycles. The SMILES string of the molecule is CCc1cc(-c2cnc3ccc(NC45CCC(C(=O)OC)(CC4)CC5)nn23)n[nH]1. The molecule has 0 aromatic carbocycles. The summed E-state index contributed by atoms with van der Waals surface area (Å²) >= 11 is 0. The van der Waals surface area contributed by atoms with Gasteiger partial charge in [-0.15, -0.1) is 5.10 Å². The maximum atomic E-state index is 12.2. The van der Waals surface area contributed by atoms with E-state index in [1.165, 1.54) is 7.11 Å². The van der Waals surface area contributed by atoms with Gasteiger partial charge in [-0.25, -0.2) is 9.50 Å². The number of esters is 1. The molecule has 2 bridgehead atoms. The number of anilines is 1. The number of ether oxygens (including phenoxy) is 1. The van der Waals surface area contributed by atoms with Gasteiger partial charge in [0, 0.05) is 11.2 Å². The minimum Gasteiger partial charge on any atom is -0.469 e. The van der Waals surface area contributed by atoms with Crippen LogP contribution < -0.4 is 5.32 Å². The van der Waals surface area contributed by atoms with Crippen molar-refractivity contribution in [2.75, 3.05) is 12.4 Å². The van der Waals surface area contributed by atoms with Crippen LogP contribution in [0.4, 0.5) is 5.82 Å². The van der Waals surface area contributed by atoms with E-state index >= 15 is 0 Å². The zero-order chi connectivity index (χ0) is 20.1. The number of aromatic nitrogens is 5. The Balaban J connectivity index is 1.41. The predicted octanol–water partition coefficient (Wildman–Crippen LogP) is 3.36. The molecule has 0 saturated heterocycles. The molecule has 3 heterocycles. The third kappa shape index (κ3) is 2.89. The largest absolute Gasteiger partial charge is 0.469 e. The molecule has 0 atom stereocenters. The van der Waals surface area contributed by atoms with Gasteiger partial charge in [-0.3, -0.25) is 9.89 Å². The fourth-order valence-corrected chi connectivity index (χ4v) is 4.96. The van der Waals surface area contributed by atoms with Gasteiger partial charge in [0.15, 0.2) is 5.65 Å². The second-order valence-electron chi connectivity index (χ2n) is 8.44. The number of H-pyrrole nitrogens is 1. The number of aryl methyl sites for hydroxylation is 1. The summed E-state index contributed by atoms with van der Waals surface area (Å²) in [6, 6.07) is 6.01. The first kappa shape index (κ1) is 18.1. The Labute approximate surface area is 169 Å². The van der Waals surface area contributed by atoms with Crippen molar-refractivity contribution in [3.63, 3.8) is 0 Å². The van der Waals surface area contributed by atoms with Crippen molar-refractivity contribution in [3.05, 3.63) is 30.1 Å². The quantitative estimate of drug-likeness (QED) is 0.644. The van der Waals surface area contributed by atoms with Gasteiger partial charge in [0.2, 0.25) is 0 Å². The molecule has 3 fully saturated rings. The lowest BCUT2D eigenvalue weighted by atomic mass is 9.57. The van der Waals surface area contributed by atoms with Crippen LogP contribution in [0.15, 0.2) is 24.4 Å². The number of nitrogens with one attached hydrogen (secondary N) is 2. The van der Waals surface area contributed by atoms with Crippen molar-refractivity contribution in [1.29, 1.82) is 0 Å². The second kappa shape index (κ2) is 6.57. The summed E-state index contributed by atoms with van der Waals surface area (Å²) in [6.45, 7) is 2.09. The van der Waals surface area contributed by atoms with Gasteiger partial charge in [0.25, 0.3) is 0 Å². The number of carbonyl (C=O) groups is 1. The minimum absolute atomic E-state index is 0.00108. The van der Waals surface area contributed by atoms with Crippen molar-refractivity contribution < 1.29 is 9.53 Å². The first-order chi connectivity index (χ1) is 14.1. The molecule has 3 aromatic rings. The molecule has 0 unspecified atom stereocenters. The van der Waals surface area contributed by atoms with Gasteiger partial charge in [-0.1, -0.05) is 6.92 Å². The number of hydrogen-bond donors (Lipinski definition) is 2. The minimum atomic E-state index is -0.274. The predicted molar refractivity (Wildman–Crippen MR) is 108 cm³/mol. The third-order valence-electron chi connectivity index (χ3n) is 6.89. The average molecular weight is 394 g/mol. The van der Waals surface area contributed by atoms with Gasteiger partial charge in [0.1, 0.15) is 17.2 Å². The Bertz CT molecular complexity index is 1040. The number of carbonyl (C=O) groups excluding carboxylic acids is 1. The molecule has 0 amide bonds. The number of fused-ring (bicyclic) bond motifs is 4. The molecular formula is C21H26N6O2. The molecule has 0 spiro atoms.